The lowest BCUT2D eigenvalue weighted by Gasteiger charge is -2.24. The lowest BCUT2D eigenvalue weighted by Crippen LogP contribution is -2.36. The van der Waals surface area contributed by atoms with Crippen molar-refractivity contribution in [2.24, 2.45) is 5.92 Å². The predicted molar refractivity (Wildman–Crippen MR) is 81.0 cm³/mol. The summed E-state index contributed by atoms with van der Waals surface area (Å²) in [6, 6.07) is 7.26. The van der Waals surface area contributed by atoms with Crippen molar-refractivity contribution in [3.05, 3.63) is 29.8 Å². The third-order valence-electron chi connectivity index (χ3n) is 4.06. The largest absolute Gasteiger partial charge is 0.313 e. The molecule has 1 aromatic carbocycles. The second-order valence-corrected chi connectivity index (χ2v) is 7.52. The Bertz CT molecular complexity index is 535. The number of sulfonamides is 1. The molecule has 5 heteroatoms. The molecule has 0 bridgehead atoms. The Morgan fingerprint density at radius 2 is 1.90 bits per heavy atom. The quantitative estimate of drug-likeness (QED) is 0.839. The van der Waals surface area contributed by atoms with Gasteiger partial charge < -0.3 is 5.32 Å². The summed E-state index contributed by atoms with van der Waals surface area (Å²) in [6.07, 6.45) is 2.28. The Morgan fingerprint density at radius 3 is 2.40 bits per heavy atom. The molecule has 0 radical (unpaired) electrons. The van der Waals surface area contributed by atoms with Gasteiger partial charge in [0.2, 0.25) is 10.0 Å². The van der Waals surface area contributed by atoms with Gasteiger partial charge in [0.15, 0.2) is 0 Å². The van der Waals surface area contributed by atoms with Crippen LogP contribution in [0, 0.1) is 5.92 Å². The van der Waals surface area contributed by atoms with Gasteiger partial charge in [-0.1, -0.05) is 19.1 Å². The summed E-state index contributed by atoms with van der Waals surface area (Å²) in [7, 11) is -1.68. The van der Waals surface area contributed by atoms with Crippen molar-refractivity contribution >= 4 is 10.0 Å². The van der Waals surface area contributed by atoms with Crippen molar-refractivity contribution < 1.29 is 8.42 Å². The van der Waals surface area contributed by atoms with Crippen molar-refractivity contribution in [1.29, 1.82) is 0 Å². The summed E-state index contributed by atoms with van der Waals surface area (Å²) < 4.78 is 26.6. The molecule has 0 saturated heterocycles. The zero-order valence-corrected chi connectivity index (χ0v) is 13.3. The fourth-order valence-electron chi connectivity index (χ4n) is 2.31. The Hall–Kier alpha value is -0.910. The van der Waals surface area contributed by atoms with Gasteiger partial charge in [-0.05, 0) is 49.9 Å². The molecule has 2 rings (SSSR count). The molecule has 0 aromatic heterocycles. The zero-order valence-electron chi connectivity index (χ0n) is 12.5. The number of nitrogens with one attached hydrogen (secondary N) is 1. The molecule has 1 unspecified atom stereocenters. The van der Waals surface area contributed by atoms with E-state index >= 15 is 0 Å². The fourth-order valence-corrected chi connectivity index (χ4v) is 3.73. The van der Waals surface area contributed by atoms with E-state index in [1.54, 1.807) is 19.2 Å². The van der Waals surface area contributed by atoms with Crippen molar-refractivity contribution in [2.45, 2.75) is 44.2 Å². The van der Waals surface area contributed by atoms with Crippen LogP contribution in [0.1, 0.15) is 32.3 Å². The Labute approximate surface area is 122 Å². The number of rotatable bonds is 7. The Balaban J connectivity index is 2.12. The lowest BCUT2D eigenvalue weighted by atomic mass is 10.2. The van der Waals surface area contributed by atoms with Crippen LogP contribution in [-0.2, 0) is 16.6 Å². The van der Waals surface area contributed by atoms with Crippen LogP contribution in [0.3, 0.4) is 0 Å². The number of benzene rings is 1. The van der Waals surface area contributed by atoms with Gasteiger partial charge in [-0.3, -0.25) is 0 Å². The first-order valence-corrected chi connectivity index (χ1v) is 8.68. The first kappa shape index (κ1) is 15.5. The monoisotopic (exact) mass is 296 g/mol. The highest BCUT2D eigenvalue weighted by Crippen LogP contribution is 2.36. The van der Waals surface area contributed by atoms with Crippen LogP contribution in [0.4, 0.5) is 0 Å². The lowest BCUT2D eigenvalue weighted by molar-refractivity contribution is 0.357. The van der Waals surface area contributed by atoms with Gasteiger partial charge in [0.05, 0.1) is 4.90 Å². The van der Waals surface area contributed by atoms with E-state index in [9.17, 15) is 8.42 Å². The van der Waals surface area contributed by atoms with E-state index in [1.165, 1.54) is 4.31 Å². The topological polar surface area (TPSA) is 49.4 Å². The molecule has 1 saturated carbocycles. The second kappa shape index (κ2) is 6.24. The van der Waals surface area contributed by atoms with Crippen molar-refractivity contribution in [1.82, 2.24) is 9.62 Å². The van der Waals surface area contributed by atoms with Crippen molar-refractivity contribution in [2.75, 3.05) is 13.6 Å². The Morgan fingerprint density at radius 1 is 1.30 bits per heavy atom. The summed E-state index contributed by atoms with van der Waals surface area (Å²) >= 11 is 0. The summed E-state index contributed by atoms with van der Waals surface area (Å²) in [5.41, 5.74) is 1.10. The van der Waals surface area contributed by atoms with Crippen LogP contribution in [0.15, 0.2) is 29.2 Å². The van der Waals surface area contributed by atoms with E-state index in [0.29, 0.717) is 10.8 Å². The SMILES string of the molecule is CCNCc1ccc(S(=O)(=O)N(C)C(C)C2CC2)cc1. The highest BCUT2D eigenvalue weighted by Gasteiger charge is 2.35. The van der Waals surface area contributed by atoms with Gasteiger partial charge >= 0.3 is 0 Å². The summed E-state index contributed by atoms with van der Waals surface area (Å²) in [5.74, 6) is 0.530. The minimum Gasteiger partial charge on any atom is -0.313 e. The van der Waals surface area contributed by atoms with Crippen LogP contribution in [0.25, 0.3) is 0 Å². The van der Waals surface area contributed by atoms with E-state index in [2.05, 4.69) is 5.32 Å². The minimum atomic E-state index is -3.37. The van der Waals surface area contributed by atoms with Gasteiger partial charge in [-0.15, -0.1) is 0 Å². The number of hydrogen-bond acceptors (Lipinski definition) is 3. The van der Waals surface area contributed by atoms with Crippen molar-refractivity contribution in [3.63, 3.8) is 0 Å². The molecule has 1 aliphatic carbocycles. The molecule has 0 amide bonds. The maximum Gasteiger partial charge on any atom is 0.243 e. The molecule has 20 heavy (non-hydrogen) atoms. The van der Waals surface area contributed by atoms with E-state index < -0.39 is 10.0 Å². The van der Waals surface area contributed by atoms with Gasteiger partial charge in [0.1, 0.15) is 0 Å². The molecule has 0 spiro atoms. The molecule has 0 aliphatic heterocycles. The van der Waals surface area contributed by atoms with Gasteiger partial charge in [0.25, 0.3) is 0 Å². The third kappa shape index (κ3) is 3.40. The minimum absolute atomic E-state index is 0.0847. The summed E-state index contributed by atoms with van der Waals surface area (Å²) in [6.45, 7) is 5.72. The fraction of sp³-hybridized carbons (Fsp3) is 0.600. The normalized spacial score (nSPS) is 17.4. The average molecular weight is 296 g/mol. The highest BCUT2D eigenvalue weighted by molar-refractivity contribution is 7.89. The van der Waals surface area contributed by atoms with Crippen molar-refractivity contribution in [3.8, 4) is 0 Å². The first-order valence-electron chi connectivity index (χ1n) is 7.24. The van der Waals surface area contributed by atoms with E-state index in [-0.39, 0.29) is 6.04 Å². The van der Waals surface area contributed by atoms with Crippen LogP contribution >= 0.6 is 0 Å². The van der Waals surface area contributed by atoms with E-state index in [0.717, 1.165) is 31.5 Å². The molecule has 1 fully saturated rings. The van der Waals surface area contributed by atoms with Crippen LogP contribution in [0.5, 0.6) is 0 Å². The Kier molecular flexibility index (Phi) is 4.83. The molecular formula is C15H24N2O2S. The third-order valence-corrected chi connectivity index (χ3v) is 6.02. The zero-order chi connectivity index (χ0) is 14.8. The predicted octanol–water partition coefficient (Wildman–Crippen LogP) is 2.22. The van der Waals surface area contributed by atoms with Gasteiger partial charge in [-0.25, -0.2) is 8.42 Å². The second-order valence-electron chi connectivity index (χ2n) is 5.52. The average Bonchev–Trinajstić information content (AvgIpc) is 3.28. The molecule has 4 nitrogen and oxygen atoms in total. The van der Waals surface area contributed by atoms with Crippen LogP contribution < -0.4 is 5.32 Å². The molecule has 1 atom stereocenters. The highest BCUT2D eigenvalue weighted by atomic mass is 32.2. The number of hydrogen-bond donors (Lipinski definition) is 1. The van der Waals surface area contributed by atoms with E-state index in [4.69, 9.17) is 0 Å². The maximum atomic E-state index is 12.5. The van der Waals surface area contributed by atoms with Crippen LogP contribution in [0.2, 0.25) is 0 Å². The molecule has 1 N–H and O–H groups in total. The summed E-state index contributed by atoms with van der Waals surface area (Å²) in [5, 5.41) is 3.23. The summed E-state index contributed by atoms with van der Waals surface area (Å²) in [4.78, 5) is 0.382. The molecule has 1 aliphatic rings. The van der Waals surface area contributed by atoms with Gasteiger partial charge in [-0.2, -0.15) is 4.31 Å². The maximum absolute atomic E-state index is 12.5. The standard InChI is InChI=1S/C15H24N2O2S/c1-4-16-11-13-5-9-15(10-6-13)20(18,19)17(3)12(2)14-7-8-14/h5-6,9-10,12,14,16H,4,7-8,11H2,1-3H3. The van der Waals surface area contributed by atoms with Crippen LogP contribution in [-0.4, -0.2) is 32.4 Å². The first-order chi connectivity index (χ1) is 9.46. The smallest absolute Gasteiger partial charge is 0.243 e. The molecule has 112 valence electrons. The van der Waals surface area contributed by atoms with E-state index in [1.807, 2.05) is 26.0 Å². The number of nitrogens with zero attached hydrogens (tertiary/aromatic N) is 1. The molecular weight excluding hydrogens is 272 g/mol. The molecule has 0 heterocycles. The van der Waals surface area contributed by atoms with Gasteiger partial charge in [0, 0.05) is 19.6 Å². The molecule has 1 aromatic rings.